The van der Waals surface area contributed by atoms with Crippen LogP contribution in [-0.4, -0.2) is 34.0 Å². The van der Waals surface area contributed by atoms with Crippen LogP contribution in [0.25, 0.3) is 11.5 Å². The lowest BCUT2D eigenvalue weighted by Crippen LogP contribution is -2.51. The summed E-state index contributed by atoms with van der Waals surface area (Å²) in [7, 11) is 1.87. The summed E-state index contributed by atoms with van der Waals surface area (Å²) >= 11 is 1.96. The summed E-state index contributed by atoms with van der Waals surface area (Å²) in [6, 6.07) is 2.09. The summed E-state index contributed by atoms with van der Waals surface area (Å²) in [4.78, 5) is 12.7. The van der Waals surface area contributed by atoms with Crippen LogP contribution in [0, 0.1) is 22.7 Å². The van der Waals surface area contributed by atoms with Crippen LogP contribution in [0.5, 0.6) is 0 Å². The first-order valence-corrected chi connectivity index (χ1v) is 9.37. The summed E-state index contributed by atoms with van der Waals surface area (Å²) in [6.45, 7) is 5.97. The Morgan fingerprint density at radius 1 is 1.35 bits per heavy atom. The van der Waals surface area contributed by atoms with Gasteiger partial charge in [0.25, 0.3) is 0 Å². The van der Waals surface area contributed by atoms with E-state index in [1.165, 1.54) is 3.01 Å². The van der Waals surface area contributed by atoms with Crippen molar-refractivity contribution in [3.05, 3.63) is 22.9 Å². The van der Waals surface area contributed by atoms with E-state index in [1.807, 2.05) is 49.8 Å². The standard InChI is InChI=1S/C17H18IN7O/c1-16(2)11-6-5-10-12(15-20-23-25(18)22-15)24(4)21-13(10)17(11,3)7-9(8-19)14(16)26/h7,11H,5-6H2,1-4H3/t11-,17-/m0/s1. The maximum absolute atomic E-state index is 12.7. The molecular weight excluding hydrogens is 445 g/mol. The van der Waals surface area contributed by atoms with Gasteiger partial charge in [-0.2, -0.15) is 10.4 Å². The van der Waals surface area contributed by atoms with Gasteiger partial charge in [0.2, 0.25) is 5.82 Å². The Bertz CT molecular complexity index is 1010. The molecule has 134 valence electrons. The highest BCUT2D eigenvalue weighted by atomic mass is 127. The summed E-state index contributed by atoms with van der Waals surface area (Å²) in [5, 5.41) is 26.7. The minimum Gasteiger partial charge on any atom is -0.293 e. The van der Waals surface area contributed by atoms with E-state index in [-0.39, 0.29) is 17.3 Å². The Morgan fingerprint density at radius 3 is 2.69 bits per heavy atom. The molecule has 2 aromatic heterocycles. The number of nitrogens with zero attached hydrogens (tertiary/aromatic N) is 7. The third-order valence-electron chi connectivity index (χ3n) is 5.93. The zero-order chi connectivity index (χ0) is 18.9. The van der Waals surface area contributed by atoms with Crippen molar-refractivity contribution >= 4 is 28.6 Å². The Labute approximate surface area is 164 Å². The molecule has 0 aliphatic heterocycles. The number of aromatic nitrogens is 6. The fourth-order valence-electron chi connectivity index (χ4n) is 4.80. The lowest BCUT2D eigenvalue weighted by atomic mass is 9.52. The highest BCUT2D eigenvalue weighted by molar-refractivity contribution is 14.1. The number of rotatable bonds is 1. The average molecular weight is 463 g/mol. The number of carbonyl (C=O) groups excluding carboxylic acids is 1. The van der Waals surface area contributed by atoms with Gasteiger partial charge in [-0.25, -0.2) is 0 Å². The van der Waals surface area contributed by atoms with Crippen molar-refractivity contribution in [2.75, 3.05) is 0 Å². The van der Waals surface area contributed by atoms with Crippen molar-refractivity contribution in [2.24, 2.45) is 18.4 Å². The van der Waals surface area contributed by atoms with Gasteiger partial charge in [0.15, 0.2) is 5.78 Å². The number of hydrogen-bond acceptors (Lipinski definition) is 6. The predicted molar refractivity (Wildman–Crippen MR) is 101 cm³/mol. The zero-order valence-corrected chi connectivity index (χ0v) is 17.1. The largest absolute Gasteiger partial charge is 0.293 e. The summed E-state index contributed by atoms with van der Waals surface area (Å²) in [5.41, 5.74) is 1.98. The number of halogens is 1. The molecule has 0 aromatic carbocycles. The molecule has 2 atom stereocenters. The number of Topliss-reactive ketones (excluding diaryl/α,β-unsaturated/α-hetero) is 1. The number of allylic oxidation sites excluding steroid dienone is 2. The highest BCUT2D eigenvalue weighted by Gasteiger charge is 2.55. The number of carbonyl (C=O) groups is 1. The van der Waals surface area contributed by atoms with Crippen LogP contribution >= 0.6 is 22.9 Å². The predicted octanol–water partition coefficient (Wildman–Crippen LogP) is 2.15. The molecule has 0 radical (unpaired) electrons. The van der Waals surface area contributed by atoms with Crippen LogP contribution in [0.15, 0.2) is 11.6 Å². The van der Waals surface area contributed by atoms with Crippen LogP contribution in [0.1, 0.15) is 38.4 Å². The topological polar surface area (TPSA) is 102 Å². The molecule has 0 unspecified atom stereocenters. The van der Waals surface area contributed by atoms with Gasteiger partial charge in [0, 0.05) is 23.4 Å². The first-order chi connectivity index (χ1) is 12.2. The number of aryl methyl sites for hydroxylation is 1. The van der Waals surface area contributed by atoms with Crippen LogP contribution in [-0.2, 0) is 23.7 Å². The van der Waals surface area contributed by atoms with Crippen molar-refractivity contribution in [1.82, 2.24) is 28.2 Å². The van der Waals surface area contributed by atoms with Crippen molar-refractivity contribution in [2.45, 2.75) is 39.0 Å². The number of tetrazole rings is 1. The van der Waals surface area contributed by atoms with E-state index in [1.54, 1.807) is 4.68 Å². The molecule has 0 N–H and O–H groups in total. The molecule has 2 aromatic rings. The Kier molecular flexibility index (Phi) is 3.63. The molecule has 0 fully saturated rings. The van der Waals surface area contributed by atoms with E-state index in [0.717, 1.165) is 29.8 Å². The summed E-state index contributed by atoms with van der Waals surface area (Å²) in [5.74, 6) is 0.549. The SMILES string of the molecule is Cn1nc2c(c1-c1nnn(I)n1)CC[C@H]1C(C)(C)C(=O)C(C#N)=C[C@]21C. The molecule has 4 rings (SSSR count). The third-order valence-corrected chi connectivity index (χ3v) is 6.34. The number of hydrogen-bond donors (Lipinski definition) is 0. The first kappa shape index (κ1) is 17.3. The maximum atomic E-state index is 12.7. The van der Waals surface area contributed by atoms with Crippen molar-refractivity contribution < 1.29 is 4.79 Å². The third kappa shape index (κ3) is 2.14. The molecule has 0 amide bonds. The fraction of sp³-hybridized carbons (Fsp3) is 0.529. The average Bonchev–Trinajstić information content (AvgIpc) is 3.14. The van der Waals surface area contributed by atoms with Crippen molar-refractivity contribution in [3.8, 4) is 17.6 Å². The number of nitriles is 1. The van der Waals surface area contributed by atoms with Crippen molar-refractivity contribution in [3.63, 3.8) is 0 Å². The van der Waals surface area contributed by atoms with Gasteiger partial charge in [0.1, 0.15) is 34.6 Å². The molecule has 2 aliphatic rings. The molecule has 8 nitrogen and oxygen atoms in total. The summed E-state index contributed by atoms with van der Waals surface area (Å²) in [6.07, 6.45) is 3.46. The smallest absolute Gasteiger partial charge is 0.224 e. The second-order valence-corrected chi connectivity index (χ2v) is 8.61. The fourth-order valence-corrected chi connectivity index (χ4v) is 5.10. The van der Waals surface area contributed by atoms with Crippen molar-refractivity contribution in [1.29, 1.82) is 5.26 Å². The number of fused-ring (bicyclic) bond motifs is 3. The van der Waals surface area contributed by atoms with Crippen LogP contribution in [0.2, 0.25) is 0 Å². The van der Waals surface area contributed by atoms with Gasteiger partial charge in [-0.3, -0.25) is 9.48 Å². The molecule has 0 bridgehead atoms. The molecule has 9 heteroatoms. The minimum atomic E-state index is -0.604. The lowest BCUT2D eigenvalue weighted by molar-refractivity contribution is -0.128. The summed E-state index contributed by atoms with van der Waals surface area (Å²) < 4.78 is 3.19. The Morgan fingerprint density at radius 2 is 2.08 bits per heavy atom. The minimum absolute atomic E-state index is 0.0726. The monoisotopic (exact) mass is 463 g/mol. The highest BCUT2D eigenvalue weighted by Crippen LogP contribution is 2.55. The second-order valence-electron chi connectivity index (χ2n) is 7.75. The molecule has 0 saturated carbocycles. The van der Waals surface area contributed by atoms with Gasteiger partial charge >= 0.3 is 0 Å². The van der Waals surface area contributed by atoms with Crippen LogP contribution < -0.4 is 0 Å². The zero-order valence-electron chi connectivity index (χ0n) is 15.0. The van der Waals surface area contributed by atoms with Gasteiger partial charge < -0.3 is 0 Å². The van der Waals surface area contributed by atoms with E-state index >= 15 is 0 Å². The molecule has 2 heterocycles. The maximum Gasteiger partial charge on any atom is 0.224 e. The normalized spacial score (nSPS) is 26.7. The van der Waals surface area contributed by atoms with E-state index in [0.29, 0.717) is 5.82 Å². The molecule has 26 heavy (non-hydrogen) atoms. The van der Waals surface area contributed by atoms with Gasteiger partial charge in [0.05, 0.1) is 11.3 Å². The van der Waals surface area contributed by atoms with E-state index in [2.05, 4.69) is 28.4 Å². The van der Waals surface area contributed by atoms with Gasteiger partial charge in [-0.1, -0.05) is 26.8 Å². The van der Waals surface area contributed by atoms with Crippen LogP contribution in [0.4, 0.5) is 0 Å². The van der Waals surface area contributed by atoms with E-state index < -0.39 is 10.8 Å². The lowest BCUT2D eigenvalue weighted by Gasteiger charge is -2.49. The Balaban J connectivity index is 1.96. The van der Waals surface area contributed by atoms with Crippen LogP contribution in [0.3, 0.4) is 0 Å². The number of ketones is 1. The van der Waals surface area contributed by atoms with Gasteiger partial charge in [-0.05, 0) is 24.0 Å². The molecule has 0 saturated heterocycles. The second kappa shape index (κ2) is 5.45. The molecular formula is C17H18IN7O. The quantitative estimate of drug-likeness (QED) is 0.601. The first-order valence-electron chi connectivity index (χ1n) is 8.40. The molecule has 0 spiro atoms. The molecule has 2 aliphatic carbocycles. The van der Waals surface area contributed by atoms with E-state index in [4.69, 9.17) is 5.10 Å². The Hall–Kier alpha value is -2.09. The van der Waals surface area contributed by atoms with Gasteiger partial charge in [-0.15, -0.1) is 13.2 Å². The van der Waals surface area contributed by atoms with E-state index in [9.17, 15) is 10.1 Å².